The zero-order chi connectivity index (χ0) is 22.2. The lowest BCUT2D eigenvalue weighted by Crippen LogP contribution is -2.11. The Balaban J connectivity index is 2.15. The first-order chi connectivity index (χ1) is 14.5. The SMILES string of the molecule is CCCCC/C=C\C/C=C\C/C=C\CCCCC(=O)Oc1c(F)c(F)cc(F)c1F. The molecule has 0 aliphatic carbocycles. The van der Waals surface area contributed by atoms with Crippen molar-refractivity contribution >= 4 is 5.97 Å². The Hall–Kier alpha value is -2.37. The van der Waals surface area contributed by atoms with Gasteiger partial charge in [-0.2, -0.15) is 8.78 Å². The minimum Gasteiger partial charge on any atom is -0.420 e. The fraction of sp³-hybridized carbons (Fsp3) is 0.458. The Bertz CT molecular complexity index is 713. The number of rotatable bonds is 14. The summed E-state index contributed by atoms with van der Waals surface area (Å²) in [5.74, 6) is -8.93. The van der Waals surface area contributed by atoms with Crippen molar-refractivity contribution in [2.75, 3.05) is 0 Å². The second-order valence-electron chi connectivity index (χ2n) is 6.90. The lowest BCUT2D eigenvalue weighted by Gasteiger charge is -2.07. The van der Waals surface area contributed by atoms with Crippen molar-refractivity contribution in [3.63, 3.8) is 0 Å². The molecule has 0 N–H and O–H groups in total. The molecule has 30 heavy (non-hydrogen) atoms. The van der Waals surface area contributed by atoms with Crippen LogP contribution in [0.25, 0.3) is 0 Å². The standard InChI is InChI=1S/C24H30F4O2/c1-2-3-4-5-6-7-8-9-10-11-12-13-14-15-16-17-21(29)30-24-22(27)19(25)18-20(26)23(24)28/h6-7,9-10,12-13,18H,2-5,8,11,14-17H2,1H3/b7-6-,10-9-,13-12-. The van der Waals surface area contributed by atoms with E-state index in [9.17, 15) is 22.4 Å². The van der Waals surface area contributed by atoms with Crippen LogP contribution in [0.15, 0.2) is 42.5 Å². The van der Waals surface area contributed by atoms with Gasteiger partial charge in [-0.05, 0) is 44.9 Å². The number of unbranched alkanes of at least 4 members (excludes halogenated alkanes) is 5. The van der Waals surface area contributed by atoms with Crippen LogP contribution in [0.3, 0.4) is 0 Å². The van der Waals surface area contributed by atoms with E-state index >= 15 is 0 Å². The number of hydrogen-bond donors (Lipinski definition) is 0. The lowest BCUT2D eigenvalue weighted by molar-refractivity contribution is -0.135. The highest BCUT2D eigenvalue weighted by Gasteiger charge is 2.22. The Morgan fingerprint density at radius 1 is 0.800 bits per heavy atom. The highest BCUT2D eigenvalue weighted by molar-refractivity contribution is 5.72. The number of carbonyl (C=O) groups is 1. The van der Waals surface area contributed by atoms with E-state index in [4.69, 9.17) is 0 Å². The topological polar surface area (TPSA) is 26.3 Å². The first kappa shape index (κ1) is 25.7. The van der Waals surface area contributed by atoms with Gasteiger partial charge < -0.3 is 4.74 Å². The van der Waals surface area contributed by atoms with Crippen LogP contribution in [0, 0.1) is 23.3 Å². The summed E-state index contributed by atoms with van der Waals surface area (Å²) in [6, 6.07) is 0.0644. The summed E-state index contributed by atoms with van der Waals surface area (Å²) < 4.78 is 57.5. The Morgan fingerprint density at radius 2 is 1.30 bits per heavy atom. The molecule has 1 rings (SSSR count). The van der Waals surface area contributed by atoms with Gasteiger partial charge in [-0.15, -0.1) is 0 Å². The second-order valence-corrected chi connectivity index (χ2v) is 6.90. The third-order valence-electron chi connectivity index (χ3n) is 4.31. The zero-order valence-corrected chi connectivity index (χ0v) is 17.4. The molecule has 1 aromatic rings. The molecule has 0 aromatic heterocycles. The summed E-state index contributed by atoms with van der Waals surface area (Å²) >= 11 is 0. The summed E-state index contributed by atoms with van der Waals surface area (Å²) in [7, 11) is 0. The molecule has 0 fully saturated rings. The van der Waals surface area contributed by atoms with Crippen LogP contribution in [0.5, 0.6) is 5.75 Å². The summed E-state index contributed by atoms with van der Waals surface area (Å²) in [6.07, 6.45) is 21.0. The lowest BCUT2D eigenvalue weighted by atomic mass is 10.1. The van der Waals surface area contributed by atoms with Crippen molar-refractivity contribution in [2.24, 2.45) is 0 Å². The molecular weight excluding hydrogens is 396 g/mol. The Kier molecular flexibility index (Phi) is 13.2. The third-order valence-corrected chi connectivity index (χ3v) is 4.31. The largest absolute Gasteiger partial charge is 0.420 e. The smallest absolute Gasteiger partial charge is 0.311 e. The van der Waals surface area contributed by atoms with Gasteiger partial charge in [0.05, 0.1) is 0 Å². The molecule has 2 nitrogen and oxygen atoms in total. The highest BCUT2D eigenvalue weighted by atomic mass is 19.2. The highest BCUT2D eigenvalue weighted by Crippen LogP contribution is 2.26. The van der Waals surface area contributed by atoms with Gasteiger partial charge in [-0.1, -0.05) is 56.2 Å². The molecule has 0 unspecified atom stereocenters. The van der Waals surface area contributed by atoms with Gasteiger partial charge in [-0.25, -0.2) is 8.78 Å². The molecule has 0 amide bonds. The Morgan fingerprint density at radius 3 is 1.83 bits per heavy atom. The van der Waals surface area contributed by atoms with Crippen molar-refractivity contribution < 1.29 is 27.1 Å². The van der Waals surface area contributed by atoms with Gasteiger partial charge in [0.25, 0.3) is 0 Å². The van der Waals surface area contributed by atoms with Crippen molar-refractivity contribution in [3.05, 3.63) is 65.8 Å². The van der Waals surface area contributed by atoms with Gasteiger partial charge in [0.15, 0.2) is 11.6 Å². The molecule has 0 atom stereocenters. The minimum absolute atomic E-state index is 0.0644. The van der Waals surface area contributed by atoms with Crippen molar-refractivity contribution in [1.29, 1.82) is 0 Å². The maximum Gasteiger partial charge on any atom is 0.311 e. The number of halogens is 4. The van der Waals surface area contributed by atoms with Crippen LogP contribution in [0.1, 0.15) is 71.1 Å². The number of hydrogen-bond acceptors (Lipinski definition) is 2. The maximum absolute atomic E-state index is 13.4. The molecule has 6 heteroatoms. The molecule has 0 saturated heterocycles. The van der Waals surface area contributed by atoms with Crippen LogP contribution < -0.4 is 4.74 Å². The molecule has 0 saturated carbocycles. The molecule has 0 spiro atoms. The minimum atomic E-state index is -1.72. The van der Waals surface area contributed by atoms with Gasteiger partial charge in [-0.3, -0.25) is 4.79 Å². The van der Waals surface area contributed by atoms with Crippen molar-refractivity contribution in [2.45, 2.75) is 71.1 Å². The predicted molar refractivity (Wildman–Crippen MR) is 111 cm³/mol. The van der Waals surface area contributed by atoms with Crippen LogP contribution in [0.4, 0.5) is 17.6 Å². The fourth-order valence-corrected chi connectivity index (χ4v) is 2.63. The monoisotopic (exact) mass is 426 g/mol. The number of allylic oxidation sites excluding steroid dienone is 6. The molecule has 0 heterocycles. The molecule has 0 aliphatic rings. The summed E-state index contributed by atoms with van der Waals surface area (Å²) in [5.41, 5.74) is 0. The number of benzene rings is 1. The van der Waals surface area contributed by atoms with Crippen LogP contribution in [-0.4, -0.2) is 5.97 Å². The Labute approximate surface area is 176 Å². The first-order valence-corrected chi connectivity index (χ1v) is 10.5. The van der Waals surface area contributed by atoms with Crippen molar-refractivity contribution in [1.82, 2.24) is 0 Å². The second kappa shape index (κ2) is 15.5. The van der Waals surface area contributed by atoms with Crippen LogP contribution in [0.2, 0.25) is 0 Å². The normalized spacial score (nSPS) is 11.9. The first-order valence-electron chi connectivity index (χ1n) is 10.5. The quantitative estimate of drug-likeness (QED) is 0.0759. The number of esters is 1. The average Bonchev–Trinajstić information content (AvgIpc) is 2.72. The maximum atomic E-state index is 13.4. The molecule has 0 bridgehead atoms. The molecule has 166 valence electrons. The van der Waals surface area contributed by atoms with E-state index in [1.807, 2.05) is 12.2 Å². The van der Waals surface area contributed by atoms with Crippen LogP contribution in [-0.2, 0) is 4.79 Å². The van der Waals surface area contributed by atoms with E-state index < -0.39 is 35.0 Å². The van der Waals surface area contributed by atoms with Crippen LogP contribution >= 0.6 is 0 Å². The summed E-state index contributed by atoms with van der Waals surface area (Å²) in [6.45, 7) is 2.19. The van der Waals surface area contributed by atoms with E-state index in [-0.39, 0.29) is 12.5 Å². The zero-order valence-electron chi connectivity index (χ0n) is 17.4. The molecule has 1 aromatic carbocycles. The van der Waals surface area contributed by atoms with Gasteiger partial charge in [0.2, 0.25) is 17.4 Å². The third kappa shape index (κ3) is 10.4. The molecule has 0 radical (unpaired) electrons. The van der Waals surface area contributed by atoms with Crippen molar-refractivity contribution in [3.8, 4) is 5.75 Å². The van der Waals surface area contributed by atoms with E-state index in [2.05, 4.69) is 36.0 Å². The molecule has 0 aliphatic heterocycles. The summed E-state index contributed by atoms with van der Waals surface area (Å²) in [4.78, 5) is 11.6. The van der Waals surface area contributed by atoms with E-state index in [0.29, 0.717) is 12.8 Å². The van der Waals surface area contributed by atoms with Gasteiger partial charge >= 0.3 is 5.97 Å². The molecular formula is C24H30F4O2. The predicted octanol–water partition coefficient (Wildman–Crippen LogP) is 7.74. The number of ether oxygens (including phenoxy) is 1. The van der Waals surface area contributed by atoms with E-state index in [1.54, 1.807) is 0 Å². The fourth-order valence-electron chi connectivity index (χ4n) is 2.63. The summed E-state index contributed by atoms with van der Waals surface area (Å²) in [5, 5.41) is 0. The number of carbonyl (C=O) groups excluding carboxylic acids is 1. The van der Waals surface area contributed by atoms with E-state index in [0.717, 1.165) is 25.7 Å². The average molecular weight is 426 g/mol. The van der Waals surface area contributed by atoms with Gasteiger partial charge in [0.1, 0.15) is 0 Å². The van der Waals surface area contributed by atoms with Gasteiger partial charge in [0, 0.05) is 12.5 Å². The van der Waals surface area contributed by atoms with E-state index in [1.165, 1.54) is 19.3 Å².